The van der Waals surface area contributed by atoms with Crippen LogP contribution in [0.3, 0.4) is 0 Å². The van der Waals surface area contributed by atoms with Crippen LogP contribution in [0.25, 0.3) is 0 Å². The summed E-state index contributed by atoms with van der Waals surface area (Å²) in [6, 6.07) is 8.89. The zero-order valence-corrected chi connectivity index (χ0v) is 12.5. The lowest BCUT2D eigenvalue weighted by Crippen LogP contribution is -2.21. The summed E-state index contributed by atoms with van der Waals surface area (Å²) in [4.78, 5) is 11.4. The third-order valence-electron chi connectivity index (χ3n) is 4.01. The van der Waals surface area contributed by atoms with Crippen LogP contribution in [-0.2, 0) is 6.54 Å². The number of rotatable bonds is 3. The van der Waals surface area contributed by atoms with E-state index >= 15 is 0 Å². The molecule has 1 aliphatic heterocycles. The van der Waals surface area contributed by atoms with Gasteiger partial charge in [0, 0.05) is 17.9 Å². The van der Waals surface area contributed by atoms with Crippen LogP contribution in [-0.4, -0.2) is 28.0 Å². The molecular formula is C17H20FN3. The van der Waals surface area contributed by atoms with Gasteiger partial charge in [-0.15, -0.1) is 0 Å². The molecule has 2 heterocycles. The van der Waals surface area contributed by atoms with E-state index in [0.717, 1.165) is 43.3 Å². The Balaban J connectivity index is 1.65. The Morgan fingerprint density at radius 3 is 2.48 bits per heavy atom. The summed E-state index contributed by atoms with van der Waals surface area (Å²) >= 11 is 0. The number of likely N-dealkylation sites (tertiary alicyclic amines) is 1. The van der Waals surface area contributed by atoms with Crippen molar-refractivity contribution in [1.29, 1.82) is 0 Å². The smallest absolute Gasteiger partial charge is 0.142 e. The van der Waals surface area contributed by atoms with E-state index in [4.69, 9.17) is 0 Å². The van der Waals surface area contributed by atoms with Crippen molar-refractivity contribution in [3.63, 3.8) is 0 Å². The van der Waals surface area contributed by atoms with Gasteiger partial charge in [-0.25, -0.2) is 14.4 Å². The molecule has 3 rings (SSSR count). The van der Waals surface area contributed by atoms with Crippen molar-refractivity contribution in [2.75, 3.05) is 13.1 Å². The number of hydrogen-bond acceptors (Lipinski definition) is 3. The van der Waals surface area contributed by atoms with Crippen LogP contribution in [0.15, 0.2) is 30.3 Å². The van der Waals surface area contributed by atoms with E-state index in [1.54, 1.807) is 12.1 Å². The summed E-state index contributed by atoms with van der Waals surface area (Å²) in [7, 11) is 0. The maximum Gasteiger partial charge on any atom is 0.142 e. The second-order valence-electron chi connectivity index (χ2n) is 5.84. The van der Waals surface area contributed by atoms with E-state index in [2.05, 4.69) is 14.9 Å². The van der Waals surface area contributed by atoms with Gasteiger partial charge in [0.1, 0.15) is 11.6 Å². The van der Waals surface area contributed by atoms with E-state index in [1.165, 1.54) is 5.56 Å². The zero-order valence-electron chi connectivity index (χ0n) is 12.5. The molecule has 0 bridgehead atoms. The van der Waals surface area contributed by atoms with Crippen molar-refractivity contribution in [2.45, 2.75) is 32.7 Å². The van der Waals surface area contributed by atoms with E-state index in [0.29, 0.717) is 5.92 Å². The van der Waals surface area contributed by atoms with Crippen molar-refractivity contribution < 1.29 is 4.39 Å². The lowest BCUT2D eigenvalue weighted by Gasteiger charge is -2.15. The first-order valence-corrected chi connectivity index (χ1v) is 7.39. The minimum atomic E-state index is -0.169. The van der Waals surface area contributed by atoms with Gasteiger partial charge in [-0.2, -0.15) is 0 Å². The Labute approximate surface area is 124 Å². The monoisotopic (exact) mass is 285 g/mol. The van der Waals surface area contributed by atoms with Crippen molar-refractivity contribution in [2.24, 2.45) is 0 Å². The summed E-state index contributed by atoms with van der Waals surface area (Å²) in [6.45, 7) is 6.83. The number of halogens is 1. The number of nitrogens with zero attached hydrogens (tertiary/aromatic N) is 3. The molecule has 4 heteroatoms. The molecule has 21 heavy (non-hydrogen) atoms. The molecule has 1 aromatic heterocycles. The third kappa shape index (κ3) is 3.45. The Morgan fingerprint density at radius 1 is 1.14 bits per heavy atom. The van der Waals surface area contributed by atoms with Gasteiger partial charge >= 0.3 is 0 Å². The summed E-state index contributed by atoms with van der Waals surface area (Å²) < 4.78 is 13.0. The van der Waals surface area contributed by atoms with Crippen molar-refractivity contribution >= 4 is 0 Å². The SMILES string of the molecule is Cc1cc(C)nc(CN2CC[C@H](c3ccc(F)cc3)C2)n1. The Bertz CT molecular complexity index is 604. The second kappa shape index (κ2) is 5.90. The summed E-state index contributed by atoms with van der Waals surface area (Å²) in [5, 5.41) is 0. The lowest BCUT2D eigenvalue weighted by molar-refractivity contribution is 0.317. The van der Waals surface area contributed by atoms with E-state index in [9.17, 15) is 4.39 Å². The molecule has 0 aliphatic carbocycles. The maximum atomic E-state index is 13.0. The fourth-order valence-corrected chi connectivity index (χ4v) is 3.05. The fraction of sp³-hybridized carbons (Fsp3) is 0.412. The van der Waals surface area contributed by atoms with Gasteiger partial charge < -0.3 is 0 Å². The largest absolute Gasteiger partial charge is 0.295 e. The van der Waals surface area contributed by atoms with Gasteiger partial charge in [0.05, 0.1) is 6.54 Å². The molecule has 1 saturated heterocycles. The van der Waals surface area contributed by atoms with Gasteiger partial charge in [-0.05, 0) is 56.5 Å². The van der Waals surface area contributed by atoms with Gasteiger partial charge in [-0.1, -0.05) is 12.1 Å². The highest BCUT2D eigenvalue weighted by Gasteiger charge is 2.24. The molecule has 1 aliphatic rings. The second-order valence-corrected chi connectivity index (χ2v) is 5.84. The normalized spacial score (nSPS) is 19.1. The van der Waals surface area contributed by atoms with Crippen LogP contribution < -0.4 is 0 Å². The predicted molar refractivity (Wildman–Crippen MR) is 80.5 cm³/mol. The quantitative estimate of drug-likeness (QED) is 0.867. The van der Waals surface area contributed by atoms with Gasteiger partial charge in [-0.3, -0.25) is 4.90 Å². The molecule has 0 radical (unpaired) electrons. The predicted octanol–water partition coefficient (Wildman–Crippen LogP) is 3.22. The third-order valence-corrected chi connectivity index (χ3v) is 4.01. The van der Waals surface area contributed by atoms with E-state index < -0.39 is 0 Å². The average molecular weight is 285 g/mol. The summed E-state index contributed by atoms with van der Waals surface area (Å²) in [5.41, 5.74) is 3.26. The molecule has 110 valence electrons. The van der Waals surface area contributed by atoms with Crippen LogP contribution in [0.1, 0.15) is 35.1 Å². The maximum absolute atomic E-state index is 13.0. The highest BCUT2D eigenvalue weighted by Crippen LogP contribution is 2.27. The average Bonchev–Trinajstić information content (AvgIpc) is 2.87. The molecule has 1 fully saturated rings. The van der Waals surface area contributed by atoms with Crippen molar-refractivity contribution in [3.8, 4) is 0 Å². The molecule has 0 amide bonds. The van der Waals surface area contributed by atoms with E-state index in [-0.39, 0.29) is 5.82 Å². The number of hydrogen-bond donors (Lipinski definition) is 0. The number of aryl methyl sites for hydroxylation is 2. The van der Waals surface area contributed by atoms with Gasteiger partial charge in [0.15, 0.2) is 0 Å². The Hall–Kier alpha value is -1.81. The molecule has 1 atom stereocenters. The standard InChI is InChI=1S/C17H20FN3/c1-12-9-13(2)20-17(19-12)11-21-8-7-15(10-21)14-3-5-16(18)6-4-14/h3-6,9,15H,7-8,10-11H2,1-2H3/t15-/m0/s1. The minimum Gasteiger partial charge on any atom is -0.295 e. The van der Waals surface area contributed by atoms with Crippen LogP contribution in [0.2, 0.25) is 0 Å². The van der Waals surface area contributed by atoms with Crippen LogP contribution >= 0.6 is 0 Å². The fourth-order valence-electron chi connectivity index (χ4n) is 3.05. The first-order chi connectivity index (χ1) is 10.1. The molecule has 0 saturated carbocycles. The molecule has 1 aromatic carbocycles. The van der Waals surface area contributed by atoms with Crippen molar-refractivity contribution in [1.82, 2.24) is 14.9 Å². The van der Waals surface area contributed by atoms with Crippen molar-refractivity contribution in [3.05, 3.63) is 58.9 Å². The molecule has 0 unspecified atom stereocenters. The number of aromatic nitrogens is 2. The lowest BCUT2D eigenvalue weighted by atomic mass is 9.99. The summed E-state index contributed by atoms with van der Waals surface area (Å²) in [6.07, 6.45) is 1.11. The van der Waals surface area contributed by atoms with Crippen LogP contribution in [0.5, 0.6) is 0 Å². The topological polar surface area (TPSA) is 29.0 Å². The minimum absolute atomic E-state index is 0.169. The molecule has 3 nitrogen and oxygen atoms in total. The van der Waals surface area contributed by atoms with E-state index in [1.807, 2.05) is 32.0 Å². The Kier molecular flexibility index (Phi) is 3.97. The number of benzene rings is 1. The Morgan fingerprint density at radius 2 is 1.81 bits per heavy atom. The molecular weight excluding hydrogens is 265 g/mol. The van der Waals surface area contributed by atoms with Gasteiger partial charge in [0.2, 0.25) is 0 Å². The van der Waals surface area contributed by atoms with Crippen LogP contribution in [0, 0.1) is 19.7 Å². The molecule has 0 N–H and O–H groups in total. The highest BCUT2D eigenvalue weighted by molar-refractivity contribution is 5.22. The van der Waals surface area contributed by atoms with Crippen LogP contribution in [0.4, 0.5) is 4.39 Å². The summed E-state index contributed by atoms with van der Waals surface area (Å²) in [5.74, 6) is 1.21. The molecule has 0 spiro atoms. The zero-order chi connectivity index (χ0) is 14.8. The first-order valence-electron chi connectivity index (χ1n) is 7.39. The highest BCUT2D eigenvalue weighted by atomic mass is 19.1. The molecule has 2 aromatic rings. The van der Waals surface area contributed by atoms with Gasteiger partial charge in [0.25, 0.3) is 0 Å². The first kappa shape index (κ1) is 14.1.